The molecule has 34 heavy (non-hydrogen) atoms. The fourth-order valence-corrected chi connectivity index (χ4v) is 4.57. The highest BCUT2D eigenvalue weighted by molar-refractivity contribution is 6.30. The van der Waals surface area contributed by atoms with Gasteiger partial charge in [-0.1, -0.05) is 35.9 Å². The summed E-state index contributed by atoms with van der Waals surface area (Å²) in [5.41, 5.74) is 5.63. The summed E-state index contributed by atoms with van der Waals surface area (Å²) >= 11 is 5.91. The van der Waals surface area contributed by atoms with Gasteiger partial charge in [0.2, 0.25) is 5.91 Å². The van der Waals surface area contributed by atoms with Gasteiger partial charge < -0.3 is 15.0 Å². The predicted molar refractivity (Wildman–Crippen MR) is 132 cm³/mol. The molecule has 1 aromatic carbocycles. The summed E-state index contributed by atoms with van der Waals surface area (Å²) in [6.45, 7) is 2.99. The maximum atomic E-state index is 12.8. The lowest BCUT2D eigenvalue weighted by molar-refractivity contribution is -0.124. The van der Waals surface area contributed by atoms with Gasteiger partial charge in [0.25, 0.3) is 5.56 Å². The van der Waals surface area contributed by atoms with Crippen LogP contribution in [0.4, 0.5) is 0 Å². The van der Waals surface area contributed by atoms with E-state index in [-0.39, 0.29) is 18.1 Å². The molecule has 1 saturated heterocycles. The molecule has 0 atom stereocenters. The minimum Gasteiger partial charge on any atom is -0.486 e. The number of ether oxygens (including phenoxy) is 1. The molecule has 5 rings (SSSR count). The van der Waals surface area contributed by atoms with E-state index in [2.05, 4.69) is 44.5 Å². The number of amides is 1. The summed E-state index contributed by atoms with van der Waals surface area (Å²) in [6.07, 6.45) is 6.83. The Kier molecular flexibility index (Phi) is 6.47. The number of hydrogen-bond donors (Lipinski definition) is 2. The minimum atomic E-state index is -0.170. The van der Waals surface area contributed by atoms with E-state index in [0.29, 0.717) is 29.4 Å². The molecule has 2 aromatic heterocycles. The number of halogens is 1. The Balaban J connectivity index is 1.36. The smallest absolute Gasteiger partial charge is 0.259 e. The number of carbonyl (C=O) groups excluding carboxylic acids is 1. The number of benzene rings is 1. The van der Waals surface area contributed by atoms with Crippen molar-refractivity contribution >= 4 is 29.2 Å². The molecule has 7 nitrogen and oxygen atoms in total. The van der Waals surface area contributed by atoms with Crippen molar-refractivity contribution in [1.29, 1.82) is 0 Å². The molecule has 2 N–H and O–H groups in total. The van der Waals surface area contributed by atoms with Gasteiger partial charge in [-0.15, -0.1) is 0 Å². The van der Waals surface area contributed by atoms with Crippen molar-refractivity contribution in [2.75, 3.05) is 19.6 Å². The van der Waals surface area contributed by atoms with Crippen molar-refractivity contribution in [3.05, 3.63) is 92.1 Å². The van der Waals surface area contributed by atoms with E-state index < -0.39 is 0 Å². The highest BCUT2D eigenvalue weighted by Gasteiger charge is 2.20. The summed E-state index contributed by atoms with van der Waals surface area (Å²) in [5, 5.41) is 3.43. The van der Waals surface area contributed by atoms with E-state index in [1.54, 1.807) is 30.6 Å². The number of rotatable bonds is 6. The number of carbonyl (C=O) groups is 1. The molecule has 2 aliphatic rings. The first-order valence-electron chi connectivity index (χ1n) is 11.3. The zero-order valence-electron chi connectivity index (χ0n) is 18.6. The van der Waals surface area contributed by atoms with Gasteiger partial charge >= 0.3 is 0 Å². The summed E-state index contributed by atoms with van der Waals surface area (Å²) in [4.78, 5) is 33.6. The molecule has 1 aliphatic carbocycles. The molecule has 3 heterocycles. The van der Waals surface area contributed by atoms with Gasteiger partial charge in [0.1, 0.15) is 12.4 Å². The van der Waals surface area contributed by atoms with E-state index in [0.717, 1.165) is 42.8 Å². The SMILES string of the molecule is O=C1CN(Cc2ccc3c(c2)CCC(c2c(OCc4ccc(Cl)cn4)cc[nH]c2=O)=C3)CCN1. The quantitative estimate of drug-likeness (QED) is 0.569. The molecule has 1 amide bonds. The van der Waals surface area contributed by atoms with Crippen LogP contribution in [0.2, 0.25) is 5.02 Å². The molecule has 3 aromatic rings. The molecule has 0 unspecified atom stereocenters. The molecule has 0 spiro atoms. The third kappa shape index (κ3) is 5.05. The Hall–Kier alpha value is -3.42. The second kappa shape index (κ2) is 9.83. The van der Waals surface area contributed by atoms with E-state index >= 15 is 0 Å². The number of nitrogens with zero attached hydrogens (tertiary/aromatic N) is 2. The van der Waals surface area contributed by atoms with Gasteiger partial charge in [-0.2, -0.15) is 0 Å². The van der Waals surface area contributed by atoms with E-state index in [4.69, 9.17) is 16.3 Å². The third-order valence-electron chi connectivity index (χ3n) is 6.13. The van der Waals surface area contributed by atoms with Crippen molar-refractivity contribution in [2.24, 2.45) is 0 Å². The van der Waals surface area contributed by atoms with E-state index in [9.17, 15) is 9.59 Å². The summed E-state index contributed by atoms with van der Waals surface area (Å²) in [6, 6.07) is 11.8. The van der Waals surface area contributed by atoms with Crippen molar-refractivity contribution < 1.29 is 9.53 Å². The number of H-pyrrole nitrogens is 1. The second-order valence-electron chi connectivity index (χ2n) is 8.57. The Morgan fingerprint density at radius 1 is 1.12 bits per heavy atom. The third-order valence-corrected chi connectivity index (χ3v) is 6.36. The van der Waals surface area contributed by atoms with Crippen LogP contribution >= 0.6 is 11.6 Å². The Labute approximate surface area is 202 Å². The van der Waals surface area contributed by atoms with Crippen molar-refractivity contribution in [3.63, 3.8) is 0 Å². The van der Waals surface area contributed by atoms with Crippen molar-refractivity contribution in [2.45, 2.75) is 26.0 Å². The normalized spacial score (nSPS) is 15.9. The van der Waals surface area contributed by atoms with E-state index in [1.165, 1.54) is 11.1 Å². The largest absolute Gasteiger partial charge is 0.486 e. The molecule has 1 aliphatic heterocycles. The van der Waals surface area contributed by atoms with Crippen LogP contribution in [0.15, 0.2) is 53.6 Å². The van der Waals surface area contributed by atoms with Gasteiger partial charge in [-0.25, -0.2) is 0 Å². The maximum Gasteiger partial charge on any atom is 0.259 e. The van der Waals surface area contributed by atoms with Crippen LogP contribution in [-0.2, 0) is 24.4 Å². The van der Waals surface area contributed by atoms with Crippen LogP contribution < -0.4 is 15.6 Å². The van der Waals surface area contributed by atoms with Gasteiger partial charge in [0.15, 0.2) is 0 Å². The topological polar surface area (TPSA) is 87.3 Å². The zero-order chi connectivity index (χ0) is 23.5. The summed E-state index contributed by atoms with van der Waals surface area (Å²) in [5.74, 6) is 0.616. The monoisotopic (exact) mass is 476 g/mol. The highest BCUT2D eigenvalue weighted by Crippen LogP contribution is 2.33. The van der Waals surface area contributed by atoms with Crippen LogP contribution in [-0.4, -0.2) is 40.4 Å². The van der Waals surface area contributed by atoms with Crippen molar-refractivity contribution in [1.82, 2.24) is 20.2 Å². The number of pyridine rings is 2. The Morgan fingerprint density at radius 3 is 2.85 bits per heavy atom. The number of nitrogens with one attached hydrogen (secondary N) is 2. The first-order valence-corrected chi connectivity index (χ1v) is 11.7. The number of allylic oxidation sites excluding steroid dienone is 1. The zero-order valence-corrected chi connectivity index (χ0v) is 19.4. The van der Waals surface area contributed by atoms with Crippen molar-refractivity contribution in [3.8, 4) is 5.75 Å². The molecule has 0 radical (unpaired) electrons. The van der Waals surface area contributed by atoms with Crippen LogP contribution in [0, 0.1) is 0 Å². The average molecular weight is 477 g/mol. The van der Waals surface area contributed by atoms with Crippen LogP contribution in [0.25, 0.3) is 11.6 Å². The second-order valence-corrected chi connectivity index (χ2v) is 9.00. The van der Waals surface area contributed by atoms with Gasteiger partial charge in [-0.3, -0.25) is 19.5 Å². The molecular formula is C26H25ClN4O3. The minimum absolute atomic E-state index is 0.0785. The van der Waals surface area contributed by atoms with Crippen LogP contribution in [0.5, 0.6) is 5.75 Å². The van der Waals surface area contributed by atoms with Crippen LogP contribution in [0.1, 0.15) is 34.4 Å². The first-order chi connectivity index (χ1) is 16.5. The Morgan fingerprint density at radius 2 is 2.03 bits per heavy atom. The number of aromatic nitrogens is 2. The maximum absolute atomic E-state index is 12.8. The van der Waals surface area contributed by atoms with Crippen LogP contribution in [0.3, 0.4) is 0 Å². The molecular weight excluding hydrogens is 452 g/mol. The number of fused-ring (bicyclic) bond motifs is 1. The lowest BCUT2D eigenvalue weighted by atomic mass is 9.88. The molecule has 0 saturated carbocycles. The molecule has 8 heteroatoms. The van der Waals surface area contributed by atoms with Gasteiger partial charge in [0.05, 0.1) is 22.8 Å². The fraction of sp³-hybridized carbons (Fsp3) is 0.269. The van der Waals surface area contributed by atoms with Gasteiger partial charge in [-0.05, 0) is 53.3 Å². The molecule has 174 valence electrons. The summed E-state index contributed by atoms with van der Waals surface area (Å²) in [7, 11) is 0. The lowest BCUT2D eigenvalue weighted by Crippen LogP contribution is -2.47. The van der Waals surface area contributed by atoms with E-state index in [1.807, 2.05) is 0 Å². The first kappa shape index (κ1) is 22.4. The standard InChI is InChI=1S/C26H25ClN4O3/c27-21-5-6-22(30-13-21)16-34-23-7-8-29-26(33)25(23)20-4-3-18-11-17(1-2-19(18)12-20)14-31-10-9-28-24(32)15-31/h1-2,5-8,11-13H,3-4,9-10,14-16H2,(H,28,32)(H,29,33). The number of hydrogen-bond acceptors (Lipinski definition) is 5. The highest BCUT2D eigenvalue weighted by atomic mass is 35.5. The molecule has 0 bridgehead atoms. The predicted octanol–water partition coefficient (Wildman–Crippen LogP) is 3.42. The average Bonchev–Trinajstić information content (AvgIpc) is 2.83. The lowest BCUT2D eigenvalue weighted by Gasteiger charge is -2.27. The molecule has 1 fully saturated rings. The number of aryl methyl sites for hydroxylation is 1. The van der Waals surface area contributed by atoms with Gasteiger partial charge in [0, 0.05) is 32.0 Å². The summed E-state index contributed by atoms with van der Waals surface area (Å²) < 4.78 is 5.99. The number of piperazine rings is 1. The number of aromatic amines is 1. The fourth-order valence-electron chi connectivity index (χ4n) is 4.45. The Bertz CT molecular complexity index is 1300.